The van der Waals surface area contributed by atoms with E-state index < -0.39 is 12.0 Å². The van der Waals surface area contributed by atoms with Crippen molar-refractivity contribution in [2.45, 2.75) is 12.5 Å². The lowest BCUT2D eigenvalue weighted by Gasteiger charge is -2.11. The van der Waals surface area contributed by atoms with Gasteiger partial charge in [0.05, 0.1) is 6.61 Å². The first-order valence-electron chi connectivity index (χ1n) is 3.27. The van der Waals surface area contributed by atoms with Crippen LogP contribution in [0, 0.1) is 5.92 Å². The molecule has 1 amide bonds. The molecule has 0 aliphatic carbocycles. The maximum absolute atomic E-state index is 10.4. The predicted octanol–water partition coefficient (Wildman–Crippen LogP) is -1.13. The maximum Gasteiger partial charge on any atom is 0.246 e. The average Bonchev–Trinajstić information content (AvgIpc) is 2.36. The third-order valence-electron chi connectivity index (χ3n) is 1.70. The van der Waals surface area contributed by atoms with Crippen molar-refractivity contribution < 1.29 is 14.6 Å². The Balaban J connectivity index is 2.39. The minimum Gasteiger partial charge on any atom is -0.383 e. The van der Waals surface area contributed by atoms with Crippen LogP contribution in [0.15, 0.2) is 0 Å². The van der Waals surface area contributed by atoms with E-state index in [0.717, 1.165) is 6.42 Å². The van der Waals surface area contributed by atoms with Gasteiger partial charge in [0.1, 0.15) is 6.10 Å². The lowest BCUT2D eigenvalue weighted by Crippen LogP contribution is -2.35. The molecule has 0 aromatic rings. The van der Waals surface area contributed by atoms with Gasteiger partial charge in [0, 0.05) is 12.5 Å². The minimum atomic E-state index is -1.03. The molecule has 58 valence electrons. The van der Waals surface area contributed by atoms with Crippen molar-refractivity contribution in [1.82, 2.24) is 0 Å². The van der Waals surface area contributed by atoms with Gasteiger partial charge in [0.25, 0.3) is 0 Å². The van der Waals surface area contributed by atoms with E-state index in [1.165, 1.54) is 0 Å². The Hall–Kier alpha value is -0.610. The van der Waals surface area contributed by atoms with Crippen LogP contribution in [0.4, 0.5) is 0 Å². The molecule has 0 unspecified atom stereocenters. The van der Waals surface area contributed by atoms with Gasteiger partial charge in [0.2, 0.25) is 5.91 Å². The van der Waals surface area contributed by atoms with Gasteiger partial charge in [-0.15, -0.1) is 0 Å². The highest BCUT2D eigenvalue weighted by molar-refractivity contribution is 5.78. The topological polar surface area (TPSA) is 72.6 Å². The van der Waals surface area contributed by atoms with Gasteiger partial charge in [-0.2, -0.15) is 0 Å². The zero-order valence-corrected chi connectivity index (χ0v) is 5.62. The quantitative estimate of drug-likeness (QED) is 0.516. The monoisotopic (exact) mass is 145 g/mol. The number of rotatable bonds is 2. The number of nitrogens with two attached hydrogens (primary N) is 1. The molecule has 0 aromatic carbocycles. The van der Waals surface area contributed by atoms with E-state index in [0.29, 0.717) is 13.2 Å². The molecule has 4 nitrogen and oxygen atoms in total. The van der Waals surface area contributed by atoms with Crippen molar-refractivity contribution in [2.75, 3.05) is 13.2 Å². The van der Waals surface area contributed by atoms with Gasteiger partial charge in [-0.1, -0.05) is 0 Å². The lowest BCUT2D eigenvalue weighted by molar-refractivity contribution is -0.128. The summed E-state index contributed by atoms with van der Waals surface area (Å²) >= 11 is 0. The smallest absolute Gasteiger partial charge is 0.246 e. The van der Waals surface area contributed by atoms with E-state index in [9.17, 15) is 4.79 Å². The molecule has 1 aliphatic heterocycles. The van der Waals surface area contributed by atoms with Crippen molar-refractivity contribution in [2.24, 2.45) is 11.7 Å². The number of hydrogen-bond acceptors (Lipinski definition) is 3. The van der Waals surface area contributed by atoms with E-state index in [4.69, 9.17) is 15.6 Å². The number of hydrogen-bond donors (Lipinski definition) is 2. The second kappa shape index (κ2) is 2.98. The van der Waals surface area contributed by atoms with E-state index in [1.807, 2.05) is 0 Å². The fourth-order valence-electron chi connectivity index (χ4n) is 1.03. The number of carbonyl (C=O) groups excluding carboxylic acids is 1. The summed E-state index contributed by atoms with van der Waals surface area (Å²) in [6, 6.07) is 0. The van der Waals surface area contributed by atoms with Gasteiger partial charge < -0.3 is 15.6 Å². The van der Waals surface area contributed by atoms with E-state index >= 15 is 0 Å². The highest BCUT2D eigenvalue weighted by Gasteiger charge is 2.27. The maximum atomic E-state index is 10.4. The number of amides is 1. The lowest BCUT2D eigenvalue weighted by atomic mass is 10.0. The molecule has 0 bridgehead atoms. The second-order valence-corrected chi connectivity index (χ2v) is 2.47. The number of aliphatic hydroxyl groups is 1. The third-order valence-corrected chi connectivity index (χ3v) is 1.70. The summed E-state index contributed by atoms with van der Waals surface area (Å²) in [5.74, 6) is -0.743. The predicted molar refractivity (Wildman–Crippen MR) is 34.1 cm³/mol. The number of primary amides is 1. The summed E-state index contributed by atoms with van der Waals surface area (Å²) in [7, 11) is 0. The zero-order chi connectivity index (χ0) is 7.56. The van der Waals surface area contributed by atoms with Crippen LogP contribution in [0.1, 0.15) is 6.42 Å². The van der Waals surface area contributed by atoms with Crippen molar-refractivity contribution in [1.29, 1.82) is 0 Å². The molecule has 2 atom stereocenters. The third kappa shape index (κ3) is 1.46. The molecule has 0 spiro atoms. The highest BCUT2D eigenvalue weighted by Crippen LogP contribution is 2.15. The van der Waals surface area contributed by atoms with Crippen molar-refractivity contribution in [3.8, 4) is 0 Å². The van der Waals surface area contributed by atoms with Crippen molar-refractivity contribution >= 4 is 5.91 Å². The molecular formula is C6H11NO3. The van der Waals surface area contributed by atoms with Gasteiger partial charge in [-0.05, 0) is 6.42 Å². The van der Waals surface area contributed by atoms with Crippen LogP contribution >= 0.6 is 0 Å². The minimum absolute atomic E-state index is 0.0856. The van der Waals surface area contributed by atoms with Crippen LogP contribution in [0.5, 0.6) is 0 Å². The molecule has 0 saturated carbocycles. The summed E-state index contributed by atoms with van der Waals surface area (Å²) in [6.07, 6.45) is -0.299. The van der Waals surface area contributed by atoms with Crippen LogP contribution in [0.2, 0.25) is 0 Å². The summed E-state index contributed by atoms with van der Waals surface area (Å²) < 4.78 is 4.96. The summed E-state index contributed by atoms with van der Waals surface area (Å²) in [6.45, 7) is 1.07. The Morgan fingerprint density at radius 1 is 1.80 bits per heavy atom. The van der Waals surface area contributed by atoms with Crippen molar-refractivity contribution in [3.05, 3.63) is 0 Å². The molecule has 1 heterocycles. The Kier molecular flexibility index (Phi) is 2.24. The normalized spacial score (nSPS) is 28.3. The summed E-state index contributed by atoms with van der Waals surface area (Å²) in [4.78, 5) is 10.4. The first-order valence-corrected chi connectivity index (χ1v) is 3.27. The number of carbonyl (C=O) groups is 1. The fourth-order valence-corrected chi connectivity index (χ4v) is 1.03. The number of ether oxygens (including phenoxy) is 1. The Bertz CT molecular complexity index is 131. The van der Waals surface area contributed by atoms with Crippen molar-refractivity contribution in [3.63, 3.8) is 0 Å². The molecule has 4 heteroatoms. The molecular weight excluding hydrogens is 134 g/mol. The molecule has 1 aliphatic rings. The molecule has 3 N–H and O–H groups in total. The molecule has 10 heavy (non-hydrogen) atoms. The van der Waals surface area contributed by atoms with E-state index in [1.54, 1.807) is 0 Å². The molecule has 1 saturated heterocycles. The first kappa shape index (κ1) is 7.50. The van der Waals surface area contributed by atoms with Crippen LogP contribution in [-0.2, 0) is 9.53 Å². The summed E-state index contributed by atoms with van der Waals surface area (Å²) in [5, 5.41) is 9.07. The van der Waals surface area contributed by atoms with Crippen LogP contribution in [-0.4, -0.2) is 30.3 Å². The van der Waals surface area contributed by atoms with Crippen LogP contribution in [0.3, 0.4) is 0 Å². The average molecular weight is 145 g/mol. The summed E-state index contributed by atoms with van der Waals surface area (Å²) in [5.41, 5.74) is 4.87. The molecule has 0 aromatic heterocycles. The van der Waals surface area contributed by atoms with Crippen LogP contribution < -0.4 is 5.73 Å². The highest BCUT2D eigenvalue weighted by atomic mass is 16.5. The molecule has 0 radical (unpaired) electrons. The SMILES string of the molecule is NC(=O)[C@@H](O)[C@@H]1CCOC1. The second-order valence-electron chi connectivity index (χ2n) is 2.47. The van der Waals surface area contributed by atoms with E-state index in [2.05, 4.69) is 0 Å². The Morgan fingerprint density at radius 3 is 2.90 bits per heavy atom. The van der Waals surface area contributed by atoms with Crippen LogP contribution in [0.25, 0.3) is 0 Å². The largest absolute Gasteiger partial charge is 0.383 e. The molecule has 1 rings (SSSR count). The van der Waals surface area contributed by atoms with Gasteiger partial charge in [-0.25, -0.2) is 0 Å². The zero-order valence-electron chi connectivity index (χ0n) is 5.62. The van der Waals surface area contributed by atoms with Gasteiger partial charge in [0.15, 0.2) is 0 Å². The standard InChI is InChI=1S/C6H11NO3/c7-6(9)5(8)4-1-2-10-3-4/h4-5,8H,1-3H2,(H2,7,9)/t4-,5+/m1/s1. The first-order chi connectivity index (χ1) is 4.72. The van der Waals surface area contributed by atoms with E-state index in [-0.39, 0.29) is 5.92 Å². The number of aliphatic hydroxyl groups excluding tert-OH is 1. The fraction of sp³-hybridized carbons (Fsp3) is 0.833. The Morgan fingerprint density at radius 2 is 2.50 bits per heavy atom. The van der Waals surface area contributed by atoms with Gasteiger partial charge >= 0.3 is 0 Å². The Labute approximate surface area is 59.0 Å². The molecule has 1 fully saturated rings. The van der Waals surface area contributed by atoms with Gasteiger partial charge in [-0.3, -0.25) is 4.79 Å².